The number of alkyl halides is 1. The number of anilines is 1. The average Bonchev–Trinajstić information content (AvgIpc) is 2.67. The molecule has 1 saturated heterocycles. The van der Waals surface area contributed by atoms with Crippen molar-refractivity contribution < 1.29 is 14.3 Å². The van der Waals surface area contributed by atoms with E-state index in [2.05, 4.69) is 25.7 Å². The summed E-state index contributed by atoms with van der Waals surface area (Å²) in [5.74, 6) is -0.488. The van der Waals surface area contributed by atoms with E-state index in [9.17, 15) is 9.59 Å². The highest BCUT2D eigenvalue weighted by Gasteiger charge is 2.31. The molecule has 1 aromatic heterocycles. The Balaban J connectivity index is 2.38. The number of esters is 1. The first kappa shape index (κ1) is 12.0. The Morgan fingerprint density at radius 2 is 2.41 bits per heavy atom. The number of rotatable bonds is 2. The molecule has 0 aliphatic carbocycles. The maximum atomic E-state index is 11.8. The lowest BCUT2D eigenvalue weighted by atomic mass is 10.2. The van der Waals surface area contributed by atoms with E-state index in [1.54, 1.807) is 11.0 Å². The largest absolute Gasteiger partial charge is 0.465 e. The van der Waals surface area contributed by atoms with Gasteiger partial charge in [0.15, 0.2) is 0 Å². The van der Waals surface area contributed by atoms with Gasteiger partial charge in [0.1, 0.15) is 0 Å². The fourth-order valence-corrected chi connectivity index (χ4v) is 2.35. The zero-order chi connectivity index (χ0) is 12.4. The predicted octanol–water partition coefficient (Wildman–Crippen LogP) is 1.37. The number of halogens is 1. The normalized spacial score (nSPS) is 19.5. The lowest BCUT2D eigenvalue weighted by Gasteiger charge is -2.18. The highest BCUT2D eigenvalue weighted by Crippen LogP contribution is 2.27. The Labute approximate surface area is 107 Å². The summed E-state index contributed by atoms with van der Waals surface area (Å²) in [4.78, 5) is 29.0. The number of methoxy groups -OCH3 is 1. The summed E-state index contributed by atoms with van der Waals surface area (Å²) in [6, 6.07) is 1.55. The molecule has 0 bridgehead atoms. The van der Waals surface area contributed by atoms with Gasteiger partial charge >= 0.3 is 5.97 Å². The van der Waals surface area contributed by atoms with E-state index < -0.39 is 5.97 Å². The minimum atomic E-state index is -0.465. The van der Waals surface area contributed by atoms with Gasteiger partial charge in [-0.2, -0.15) is 0 Å². The van der Waals surface area contributed by atoms with E-state index in [1.807, 2.05) is 0 Å². The van der Waals surface area contributed by atoms with Crippen molar-refractivity contribution in [3.8, 4) is 0 Å². The molecular weight excluding hydrogens is 288 g/mol. The van der Waals surface area contributed by atoms with Gasteiger partial charge in [0, 0.05) is 24.0 Å². The molecule has 0 radical (unpaired) electrons. The van der Waals surface area contributed by atoms with Crippen LogP contribution in [-0.4, -0.2) is 35.3 Å². The maximum absolute atomic E-state index is 11.8. The third-order valence-corrected chi connectivity index (χ3v) is 3.19. The van der Waals surface area contributed by atoms with Crippen molar-refractivity contribution in [2.75, 3.05) is 18.6 Å². The number of pyridine rings is 1. The van der Waals surface area contributed by atoms with Crippen LogP contribution in [0, 0.1) is 0 Å². The van der Waals surface area contributed by atoms with Gasteiger partial charge in [0.05, 0.1) is 24.6 Å². The maximum Gasteiger partial charge on any atom is 0.340 e. The number of ether oxygens (including phenoxy) is 1. The molecule has 1 aliphatic rings. The van der Waals surface area contributed by atoms with Crippen LogP contribution in [0.1, 0.15) is 16.8 Å². The smallest absolute Gasteiger partial charge is 0.340 e. The van der Waals surface area contributed by atoms with Crippen LogP contribution < -0.4 is 4.90 Å². The standard InChI is InChI=1S/C11H11BrN2O3/c1-17-11(16)8-2-3-13-5-9(8)14-6-7(12)4-10(14)15/h2-3,5,7H,4,6H2,1H3. The van der Waals surface area contributed by atoms with Gasteiger partial charge in [-0.1, -0.05) is 15.9 Å². The van der Waals surface area contributed by atoms with E-state index in [-0.39, 0.29) is 10.7 Å². The third kappa shape index (κ3) is 2.31. The molecule has 2 rings (SSSR count). The molecule has 6 heteroatoms. The molecule has 5 nitrogen and oxygen atoms in total. The Morgan fingerprint density at radius 1 is 1.65 bits per heavy atom. The Kier molecular flexibility index (Phi) is 3.42. The predicted molar refractivity (Wildman–Crippen MR) is 65.3 cm³/mol. The number of carbonyl (C=O) groups excluding carboxylic acids is 2. The quantitative estimate of drug-likeness (QED) is 0.611. The molecule has 1 atom stereocenters. The van der Waals surface area contributed by atoms with Gasteiger partial charge in [-0.25, -0.2) is 4.79 Å². The summed E-state index contributed by atoms with van der Waals surface area (Å²) in [5.41, 5.74) is 0.865. The first-order valence-electron chi connectivity index (χ1n) is 5.10. The molecule has 0 spiro atoms. The van der Waals surface area contributed by atoms with E-state index in [0.717, 1.165) is 0 Å². The van der Waals surface area contributed by atoms with Crippen molar-refractivity contribution >= 4 is 33.5 Å². The molecule has 0 saturated carbocycles. The minimum Gasteiger partial charge on any atom is -0.465 e. The van der Waals surface area contributed by atoms with Crippen LogP contribution in [0.15, 0.2) is 18.5 Å². The van der Waals surface area contributed by atoms with Gasteiger partial charge < -0.3 is 9.64 Å². The number of nitrogens with zero attached hydrogens (tertiary/aromatic N) is 2. The van der Waals surface area contributed by atoms with E-state index in [4.69, 9.17) is 0 Å². The highest BCUT2D eigenvalue weighted by atomic mass is 79.9. The molecule has 1 amide bonds. The van der Waals surface area contributed by atoms with Crippen LogP contribution in [0.4, 0.5) is 5.69 Å². The second-order valence-corrected chi connectivity index (χ2v) is 4.99. The molecule has 1 fully saturated rings. The van der Waals surface area contributed by atoms with Crippen molar-refractivity contribution in [1.82, 2.24) is 4.98 Å². The topological polar surface area (TPSA) is 59.5 Å². The van der Waals surface area contributed by atoms with E-state index in [1.165, 1.54) is 19.5 Å². The molecule has 2 heterocycles. The van der Waals surface area contributed by atoms with Gasteiger partial charge in [-0.15, -0.1) is 0 Å². The highest BCUT2D eigenvalue weighted by molar-refractivity contribution is 9.09. The van der Waals surface area contributed by atoms with Gasteiger partial charge in [0.25, 0.3) is 0 Å². The van der Waals surface area contributed by atoms with Crippen molar-refractivity contribution in [2.24, 2.45) is 0 Å². The van der Waals surface area contributed by atoms with Crippen LogP contribution in [0.3, 0.4) is 0 Å². The van der Waals surface area contributed by atoms with Crippen LogP contribution in [0.2, 0.25) is 0 Å². The second kappa shape index (κ2) is 4.83. The molecule has 1 aliphatic heterocycles. The fraction of sp³-hybridized carbons (Fsp3) is 0.364. The lowest BCUT2D eigenvalue weighted by molar-refractivity contribution is -0.117. The van der Waals surface area contributed by atoms with E-state index >= 15 is 0 Å². The summed E-state index contributed by atoms with van der Waals surface area (Å²) in [5, 5.41) is 0. The molecule has 1 aromatic rings. The number of carbonyl (C=O) groups is 2. The van der Waals surface area contributed by atoms with Crippen LogP contribution >= 0.6 is 15.9 Å². The first-order valence-corrected chi connectivity index (χ1v) is 6.02. The molecule has 1 unspecified atom stereocenters. The Morgan fingerprint density at radius 3 is 3.00 bits per heavy atom. The molecule has 0 aromatic carbocycles. The zero-order valence-corrected chi connectivity index (χ0v) is 10.8. The van der Waals surface area contributed by atoms with Crippen molar-refractivity contribution in [3.63, 3.8) is 0 Å². The van der Waals surface area contributed by atoms with Crippen LogP contribution in [0.25, 0.3) is 0 Å². The summed E-state index contributed by atoms with van der Waals surface area (Å²) in [7, 11) is 1.31. The lowest BCUT2D eigenvalue weighted by Crippen LogP contribution is -2.27. The van der Waals surface area contributed by atoms with Crippen molar-refractivity contribution in [2.45, 2.75) is 11.2 Å². The van der Waals surface area contributed by atoms with Gasteiger partial charge in [0.2, 0.25) is 5.91 Å². The first-order chi connectivity index (χ1) is 8.13. The minimum absolute atomic E-state index is 0.0231. The Hall–Kier alpha value is -1.43. The molecule has 17 heavy (non-hydrogen) atoms. The summed E-state index contributed by atoms with van der Waals surface area (Å²) in [6.45, 7) is 0.536. The summed E-state index contributed by atoms with van der Waals surface area (Å²) in [6.07, 6.45) is 3.44. The fourth-order valence-electron chi connectivity index (χ4n) is 1.78. The molecule has 0 N–H and O–H groups in total. The Bertz CT molecular complexity index is 464. The number of amides is 1. The van der Waals surface area contributed by atoms with Gasteiger partial charge in [-0.05, 0) is 6.07 Å². The van der Waals surface area contributed by atoms with Crippen molar-refractivity contribution in [1.29, 1.82) is 0 Å². The van der Waals surface area contributed by atoms with Crippen LogP contribution in [-0.2, 0) is 9.53 Å². The van der Waals surface area contributed by atoms with Crippen LogP contribution in [0.5, 0.6) is 0 Å². The van der Waals surface area contributed by atoms with Crippen molar-refractivity contribution in [3.05, 3.63) is 24.0 Å². The summed E-state index contributed by atoms with van der Waals surface area (Å²) < 4.78 is 4.68. The second-order valence-electron chi connectivity index (χ2n) is 3.69. The number of hydrogen-bond acceptors (Lipinski definition) is 4. The SMILES string of the molecule is COC(=O)c1ccncc1N1CC(Br)CC1=O. The zero-order valence-electron chi connectivity index (χ0n) is 9.22. The summed E-state index contributed by atoms with van der Waals surface area (Å²) >= 11 is 3.40. The number of hydrogen-bond donors (Lipinski definition) is 0. The monoisotopic (exact) mass is 298 g/mol. The van der Waals surface area contributed by atoms with E-state index in [0.29, 0.717) is 24.2 Å². The molecular formula is C11H11BrN2O3. The molecule has 90 valence electrons. The van der Waals surface area contributed by atoms with Gasteiger partial charge in [-0.3, -0.25) is 9.78 Å². The third-order valence-electron chi connectivity index (χ3n) is 2.57. The number of aromatic nitrogens is 1. The average molecular weight is 299 g/mol.